The van der Waals surface area contributed by atoms with Gasteiger partial charge in [0, 0.05) is 23.1 Å². The standard InChI is InChI=1S/C10H14O.C9H19NO.C9H10O/c1-3-10(2,11)9-7-5-4-6-8-9;1-8(2)6-5-7-9(3,4)10(8)11;1-2-9(10)8-6-4-3-5-7-8/h4-8,11H,3H2,1-2H3;11H,5-7H2,1-4H3;3-7H,2H2,1H3/t10-;;/m0../s1. The van der Waals surface area contributed by atoms with Crippen molar-refractivity contribution in [2.75, 3.05) is 0 Å². The lowest BCUT2D eigenvalue weighted by Crippen LogP contribution is -2.56. The Kier molecular flexibility index (Phi) is 10.8. The van der Waals surface area contributed by atoms with Crippen LogP contribution in [0.25, 0.3) is 0 Å². The Labute approximate surface area is 195 Å². The van der Waals surface area contributed by atoms with Gasteiger partial charge in [0.15, 0.2) is 5.78 Å². The summed E-state index contributed by atoms with van der Waals surface area (Å²) in [5.74, 6) is 0.209. The number of Topliss-reactive ketones (excluding diaryl/α,β-unsaturated/α-hetero) is 1. The van der Waals surface area contributed by atoms with Crippen molar-refractivity contribution in [2.24, 2.45) is 0 Å². The van der Waals surface area contributed by atoms with Gasteiger partial charge < -0.3 is 10.3 Å². The molecule has 0 aliphatic carbocycles. The van der Waals surface area contributed by atoms with Crippen LogP contribution in [0.2, 0.25) is 0 Å². The Morgan fingerprint density at radius 3 is 1.72 bits per heavy atom. The maximum absolute atomic E-state index is 11.0. The average Bonchev–Trinajstić information content (AvgIpc) is 2.79. The summed E-state index contributed by atoms with van der Waals surface area (Å²) in [6.45, 7) is 14.0. The number of nitrogens with zero attached hydrogens (tertiary/aromatic N) is 1. The molecule has 0 spiro atoms. The number of ketones is 1. The second kappa shape index (κ2) is 12.3. The summed E-state index contributed by atoms with van der Waals surface area (Å²) in [7, 11) is 0. The number of aliphatic hydroxyl groups is 1. The maximum Gasteiger partial charge on any atom is 0.162 e. The molecular weight excluding hydrogens is 398 g/mol. The molecule has 1 heterocycles. The van der Waals surface area contributed by atoms with Gasteiger partial charge in [0.05, 0.1) is 5.60 Å². The summed E-state index contributed by atoms with van der Waals surface area (Å²) in [4.78, 5) is 11.0. The van der Waals surface area contributed by atoms with E-state index >= 15 is 0 Å². The quantitative estimate of drug-likeness (QED) is 0.501. The predicted octanol–water partition coefficient (Wildman–Crippen LogP) is 7.00. The first-order chi connectivity index (χ1) is 14.9. The fraction of sp³-hybridized carbons (Fsp3) is 0.536. The average molecular weight is 442 g/mol. The third-order valence-corrected chi connectivity index (χ3v) is 6.22. The number of carbonyl (C=O) groups is 1. The molecule has 2 aromatic rings. The van der Waals surface area contributed by atoms with Crippen molar-refractivity contribution in [2.45, 2.75) is 97.2 Å². The minimum absolute atomic E-state index is 0.0399. The molecule has 0 bridgehead atoms. The van der Waals surface area contributed by atoms with E-state index in [1.54, 1.807) is 0 Å². The third kappa shape index (κ3) is 8.50. The highest BCUT2D eigenvalue weighted by atomic mass is 16.5. The normalized spacial score (nSPS) is 18.8. The van der Waals surface area contributed by atoms with Crippen molar-refractivity contribution < 1.29 is 15.1 Å². The van der Waals surface area contributed by atoms with E-state index in [0.717, 1.165) is 30.4 Å². The first-order valence-corrected chi connectivity index (χ1v) is 11.7. The van der Waals surface area contributed by atoms with Crippen LogP contribution in [0.5, 0.6) is 0 Å². The molecule has 178 valence electrons. The van der Waals surface area contributed by atoms with Crippen LogP contribution in [0.4, 0.5) is 0 Å². The largest absolute Gasteiger partial charge is 0.385 e. The number of carbonyl (C=O) groups excluding carboxylic acids is 1. The zero-order valence-electron chi connectivity index (χ0n) is 21.1. The number of rotatable bonds is 4. The lowest BCUT2D eigenvalue weighted by Gasteiger charge is -2.48. The van der Waals surface area contributed by atoms with Crippen LogP contribution >= 0.6 is 0 Å². The Morgan fingerprint density at radius 2 is 1.34 bits per heavy atom. The molecule has 0 amide bonds. The van der Waals surface area contributed by atoms with Crippen molar-refractivity contribution >= 4 is 5.78 Å². The Hall–Kier alpha value is -2.01. The highest BCUT2D eigenvalue weighted by molar-refractivity contribution is 5.95. The van der Waals surface area contributed by atoms with Crippen molar-refractivity contribution in [3.8, 4) is 0 Å². The van der Waals surface area contributed by atoms with Gasteiger partial charge in [-0.2, -0.15) is 5.06 Å². The highest BCUT2D eigenvalue weighted by Gasteiger charge is 2.40. The molecular formula is C28H43NO3. The highest BCUT2D eigenvalue weighted by Crippen LogP contribution is 2.36. The minimum Gasteiger partial charge on any atom is -0.385 e. The molecule has 0 aromatic heterocycles. The first-order valence-electron chi connectivity index (χ1n) is 11.7. The van der Waals surface area contributed by atoms with Crippen LogP contribution in [0.3, 0.4) is 0 Å². The van der Waals surface area contributed by atoms with Gasteiger partial charge in [-0.1, -0.05) is 74.5 Å². The van der Waals surface area contributed by atoms with Gasteiger partial charge in [-0.25, -0.2) is 0 Å². The van der Waals surface area contributed by atoms with E-state index in [1.807, 2.05) is 81.4 Å². The topological polar surface area (TPSA) is 60.8 Å². The van der Waals surface area contributed by atoms with Gasteiger partial charge >= 0.3 is 0 Å². The molecule has 0 saturated carbocycles. The van der Waals surface area contributed by atoms with Crippen molar-refractivity contribution in [3.05, 3.63) is 71.8 Å². The summed E-state index contributed by atoms with van der Waals surface area (Å²) < 4.78 is 0. The second-order valence-electron chi connectivity index (χ2n) is 9.93. The maximum atomic E-state index is 11.0. The summed E-state index contributed by atoms with van der Waals surface area (Å²) in [5, 5.41) is 21.1. The predicted molar refractivity (Wildman–Crippen MR) is 133 cm³/mol. The van der Waals surface area contributed by atoms with Crippen molar-refractivity contribution in [3.63, 3.8) is 0 Å². The van der Waals surface area contributed by atoms with Gasteiger partial charge in [0.2, 0.25) is 0 Å². The fourth-order valence-corrected chi connectivity index (χ4v) is 3.81. The van der Waals surface area contributed by atoms with E-state index in [0.29, 0.717) is 6.42 Å². The molecule has 4 nitrogen and oxygen atoms in total. The van der Waals surface area contributed by atoms with E-state index < -0.39 is 5.60 Å². The number of hydrogen-bond donors (Lipinski definition) is 2. The molecule has 3 rings (SSSR count). The summed E-state index contributed by atoms with van der Waals surface area (Å²) in [6, 6.07) is 19.1. The van der Waals surface area contributed by atoms with Crippen LogP contribution in [0.15, 0.2) is 60.7 Å². The molecule has 1 saturated heterocycles. The minimum atomic E-state index is -0.665. The van der Waals surface area contributed by atoms with E-state index in [1.165, 1.54) is 11.5 Å². The summed E-state index contributed by atoms with van der Waals surface area (Å²) in [6.07, 6.45) is 4.73. The zero-order chi connectivity index (χ0) is 24.4. The van der Waals surface area contributed by atoms with Gasteiger partial charge in [-0.05, 0) is 65.9 Å². The third-order valence-electron chi connectivity index (χ3n) is 6.22. The second-order valence-corrected chi connectivity index (χ2v) is 9.93. The zero-order valence-corrected chi connectivity index (χ0v) is 21.1. The molecule has 0 unspecified atom stereocenters. The lowest BCUT2D eigenvalue weighted by molar-refractivity contribution is -0.241. The molecule has 1 fully saturated rings. The van der Waals surface area contributed by atoms with Crippen molar-refractivity contribution in [1.29, 1.82) is 0 Å². The monoisotopic (exact) mass is 441 g/mol. The van der Waals surface area contributed by atoms with Gasteiger partial charge in [-0.15, -0.1) is 0 Å². The molecule has 32 heavy (non-hydrogen) atoms. The lowest BCUT2D eigenvalue weighted by atomic mass is 9.82. The molecule has 0 radical (unpaired) electrons. The number of piperidine rings is 1. The SMILES string of the molecule is CC1(C)CCCC(C)(C)N1O.CCC(=O)c1ccccc1.CC[C@](C)(O)c1ccccc1. The molecule has 2 N–H and O–H groups in total. The molecule has 4 heteroatoms. The fourth-order valence-electron chi connectivity index (χ4n) is 3.81. The van der Waals surface area contributed by atoms with E-state index in [2.05, 4.69) is 27.7 Å². The van der Waals surface area contributed by atoms with Crippen LogP contribution in [-0.4, -0.2) is 32.2 Å². The molecule has 2 aromatic carbocycles. The van der Waals surface area contributed by atoms with Gasteiger partial charge in [0.25, 0.3) is 0 Å². The smallest absolute Gasteiger partial charge is 0.162 e. The molecule has 1 aliphatic rings. The Morgan fingerprint density at radius 1 is 0.906 bits per heavy atom. The summed E-state index contributed by atoms with van der Waals surface area (Å²) >= 11 is 0. The van der Waals surface area contributed by atoms with Crippen LogP contribution < -0.4 is 0 Å². The Bertz CT molecular complexity index is 782. The van der Waals surface area contributed by atoms with Crippen LogP contribution in [0.1, 0.15) is 96.5 Å². The van der Waals surface area contributed by atoms with Gasteiger partial charge in [-0.3, -0.25) is 4.79 Å². The molecule has 1 aliphatic heterocycles. The Balaban J connectivity index is 0.000000240. The van der Waals surface area contributed by atoms with Crippen LogP contribution in [0, 0.1) is 0 Å². The number of benzene rings is 2. The number of hydroxylamine groups is 2. The summed E-state index contributed by atoms with van der Waals surface area (Å²) in [5.41, 5.74) is 1.05. The van der Waals surface area contributed by atoms with E-state index in [9.17, 15) is 15.1 Å². The van der Waals surface area contributed by atoms with E-state index in [-0.39, 0.29) is 16.9 Å². The number of hydrogen-bond acceptors (Lipinski definition) is 4. The first kappa shape index (κ1) is 28.0. The van der Waals surface area contributed by atoms with E-state index in [4.69, 9.17) is 0 Å². The molecule has 1 atom stereocenters. The van der Waals surface area contributed by atoms with Crippen LogP contribution in [-0.2, 0) is 5.60 Å². The van der Waals surface area contributed by atoms with Crippen molar-refractivity contribution in [1.82, 2.24) is 5.06 Å². The van der Waals surface area contributed by atoms with Gasteiger partial charge in [0.1, 0.15) is 0 Å².